The molecular weight excluding hydrogens is 250 g/mol. The van der Waals surface area contributed by atoms with Crippen molar-refractivity contribution in [1.29, 1.82) is 0 Å². The minimum Gasteiger partial charge on any atom is -0.493 e. The van der Waals surface area contributed by atoms with Crippen molar-refractivity contribution in [3.05, 3.63) is 17.7 Å². The van der Waals surface area contributed by atoms with Crippen LogP contribution in [0, 0.1) is 0 Å². The number of ether oxygens (including phenoxy) is 3. The Bertz CT molecular complexity index is 482. The molecular formula is C13H17NO5. The van der Waals surface area contributed by atoms with E-state index in [0.717, 1.165) is 0 Å². The van der Waals surface area contributed by atoms with Crippen LogP contribution in [0.5, 0.6) is 17.2 Å². The summed E-state index contributed by atoms with van der Waals surface area (Å²) in [7, 11) is 4.48. The van der Waals surface area contributed by atoms with Gasteiger partial charge in [0.05, 0.1) is 33.0 Å². The number of carbonyl (C=O) groups is 1. The predicted molar refractivity (Wildman–Crippen MR) is 68.0 cm³/mol. The number of methoxy groups -OCH3 is 3. The van der Waals surface area contributed by atoms with E-state index < -0.39 is 6.10 Å². The molecule has 1 aliphatic rings. The average Bonchev–Trinajstić information content (AvgIpc) is 2.41. The Hall–Kier alpha value is -1.95. The predicted octanol–water partition coefficient (Wildman–Crippen LogP) is 0.529. The fourth-order valence-corrected chi connectivity index (χ4v) is 2.06. The molecule has 0 spiro atoms. The van der Waals surface area contributed by atoms with Crippen molar-refractivity contribution in [3.8, 4) is 17.2 Å². The highest BCUT2D eigenvalue weighted by atomic mass is 16.5. The number of likely N-dealkylation sites (tertiary alicyclic amines) is 1. The number of amides is 1. The third-order valence-corrected chi connectivity index (χ3v) is 3.08. The molecule has 1 saturated heterocycles. The Morgan fingerprint density at radius 2 is 1.79 bits per heavy atom. The van der Waals surface area contributed by atoms with E-state index in [1.165, 1.54) is 21.3 Å². The van der Waals surface area contributed by atoms with E-state index >= 15 is 0 Å². The molecule has 0 bridgehead atoms. The maximum Gasteiger partial charge on any atom is 0.257 e. The summed E-state index contributed by atoms with van der Waals surface area (Å²) in [6.45, 7) is 0.687. The molecule has 6 nitrogen and oxygen atoms in total. The molecule has 1 aromatic rings. The second-order valence-corrected chi connectivity index (χ2v) is 4.25. The molecule has 1 N–H and O–H groups in total. The lowest BCUT2D eigenvalue weighted by Crippen LogP contribution is -2.53. The van der Waals surface area contributed by atoms with E-state index in [1.807, 2.05) is 0 Å². The van der Waals surface area contributed by atoms with Crippen LogP contribution in [-0.2, 0) is 0 Å². The molecule has 1 aromatic carbocycles. The summed E-state index contributed by atoms with van der Waals surface area (Å²) >= 11 is 0. The summed E-state index contributed by atoms with van der Waals surface area (Å²) in [5.41, 5.74) is 0.395. The monoisotopic (exact) mass is 267 g/mol. The molecule has 0 aromatic heterocycles. The SMILES string of the molecule is COc1ccc(C(=O)N2CC(O)C2)c(OC)c1OC. The summed E-state index contributed by atoms with van der Waals surface area (Å²) in [4.78, 5) is 13.8. The van der Waals surface area contributed by atoms with Gasteiger partial charge in [-0.2, -0.15) is 0 Å². The third kappa shape index (κ3) is 2.31. The summed E-state index contributed by atoms with van der Waals surface area (Å²) in [6.07, 6.45) is -0.435. The second kappa shape index (κ2) is 5.36. The van der Waals surface area contributed by atoms with Crippen molar-refractivity contribution in [2.75, 3.05) is 34.4 Å². The Morgan fingerprint density at radius 1 is 1.16 bits per heavy atom. The molecule has 0 atom stereocenters. The van der Waals surface area contributed by atoms with Crippen LogP contribution in [0.2, 0.25) is 0 Å². The topological polar surface area (TPSA) is 68.2 Å². The molecule has 0 aliphatic carbocycles. The largest absolute Gasteiger partial charge is 0.493 e. The van der Waals surface area contributed by atoms with Crippen molar-refractivity contribution in [3.63, 3.8) is 0 Å². The first kappa shape index (κ1) is 13.5. The normalized spacial score (nSPS) is 14.8. The lowest BCUT2D eigenvalue weighted by atomic mass is 10.1. The third-order valence-electron chi connectivity index (χ3n) is 3.08. The van der Waals surface area contributed by atoms with E-state index in [9.17, 15) is 9.90 Å². The number of hydrogen-bond acceptors (Lipinski definition) is 5. The number of nitrogens with zero attached hydrogens (tertiary/aromatic N) is 1. The van der Waals surface area contributed by atoms with Gasteiger partial charge in [-0.05, 0) is 12.1 Å². The Balaban J connectivity index is 2.37. The van der Waals surface area contributed by atoms with Crippen LogP contribution in [0.15, 0.2) is 12.1 Å². The molecule has 104 valence electrons. The van der Waals surface area contributed by atoms with Crippen molar-refractivity contribution < 1.29 is 24.1 Å². The highest BCUT2D eigenvalue weighted by Crippen LogP contribution is 2.40. The number of benzene rings is 1. The Labute approximate surface area is 111 Å². The first-order chi connectivity index (χ1) is 9.12. The van der Waals surface area contributed by atoms with E-state index in [-0.39, 0.29) is 5.91 Å². The van der Waals surface area contributed by atoms with Gasteiger partial charge in [-0.3, -0.25) is 4.79 Å². The van der Waals surface area contributed by atoms with Crippen molar-refractivity contribution in [2.24, 2.45) is 0 Å². The molecule has 0 saturated carbocycles. The molecule has 19 heavy (non-hydrogen) atoms. The maximum absolute atomic E-state index is 12.3. The van der Waals surface area contributed by atoms with Crippen molar-refractivity contribution >= 4 is 5.91 Å². The second-order valence-electron chi connectivity index (χ2n) is 4.25. The summed E-state index contributed by atoms with van der Waals surface area (Å²) in [6, 6.07) is 3.29. The van der Waals surface area contributed by atoms with Gasteiger partial charge < -0.3 is 24.2 Å². The standard InChI is InChI=1S/C13H17NO5/c1-17-10-5-4-9(11(18-2)12(10)19-3)13(16)14-6-8(15)7-14/h4-5,8,15H,6-7H2,1-3H3. The summed E-state index contributed by atoms with van der Waals surface area (Å²) in [5.74, 6) is 1.04. The van der Waals surface area contributed by atoms with Gasteiger partial charge in [-0.15, -0.1) is 0 Å². The van der Waals surface area contributed by atoms with Gasteiger partial charge in [-0.25, -0.2) is 0 Å². The zero-order chi connectivity index (χ0) is 14.0. The lowest BCUT2D eigenvalue weighted by molar-refractivity contribution is 0.00567. The van der Waals surface area contributed by atoms with Crippen LogP contribution < -0.4 is 14.2 Å². The molecule has 1 heterocycles. The number of aliphatic hydroxyl groups excluding tert-OH is 1. The first-order valence-electron chi connectivity index (χ1n) is 5.88. The van der Waals surface area contributed by atoms with Gasteiger partial charge in [-0.1, -0.05) is 0 Å². The number of hydrogen-bond donors (Lipinski definition) is 1. The van der Waals surface area contributed by atoms with Gasteiger partial charge in [0.1, 0.15) is 0 Å². The minimum atomic E-state index is -0.435. The van der Waals surface area contributed by atoms with Gasteiger partial charge in [0.15, 0.2) is 11.5 Å². The molecule has 0 radical (unpaired) electrons. The van der Waals surface area contributed by atoms with E-state index in [2.05, 4.69) is 0 Å². The number of carbonyl (C=O) groups excluding carboxylic acids is 1. The van der Waals surface area contributed by atoms with Crippen molar-refractivity contribution in [2.45, 2.75) is 6.10 Å². The molecule has 1 aliphatic heterocycles. The molecule has 1 fully saturated rings. The minimum absolute atomic E-state index is 0.192. The van der Waals surface area contributed by atoms with Gasteiger partial charge in [0, 0.05) is 13.1 Å². The molecule has 6 heteroatoms. The van der Waals surface area contributed by atoms with Crippen LogP contribution in [0.4, 0.5) is 0 Å². The van der Waals surface area contributed by atoms with Crippen LogP contribution in [0.3, 0.4) is 0 Å². The van der Waals surface area contributed by atoms with E-state index in [4.69, 9.17) is 14.2 Å². The van der Waals surface area contributed by atoms with Crippen LogP contribution in [-0.4, -0.2) is 56.4 Å². The van der Waals surface area contributed by atoms with Gasteiger partial charge in [0.25, 0.3) is 5.91 Å². The Morgan fingerprint density at radius 3 is 2.26 bits per heavy atom. The van der Waals surface area contributed by atoms with Gasteiger partial charge >= 0.3 is 0 Å². The number of aliphatic hydroxyl groups is 1. The highest BCUT2D eigenvalue weighted by Gasteiger charge is 2.32. The molecule has 0 unspecified atom stereocenters. The highest BCUT2D eigenvalue weighted by molar-refractivity contribution is 5.98. The van der Waals surface area contributed by atoms with Crippen molar-refractivity contribution in [1.82, 2.24) is 4.90 Å². The molecule has 2 rings (SSSR count). The smallest absolute Gasteiger partial charge is 0.257 e. The lowest BCUT2D eigenvalue weighted by Gasteiger charge is -2.36. The fraction of sp³-hybridized carbons (Fsp3) is 0.462. The van der Waals surface area contributed by atoms with Gasteiger partial charge in [0.2, 0.25) is 5.75 Å². The quantitative estimate of drug-likeness (QED) is 0.862. The number of rotatable bonds is 4. The summed E-state index contributed by atoms with van der Waals surface area (Å²) in [5, 5.41) is 9.25. The first-order valence-corrected chi connectivity index (χ1v) is 5.88. The van der Waals surface area contributed by atoms with E-state index in [0.29, 0.717) is 35.9 Å². The van der Waals surface area contributed by atoms with Crippen LogP contribution >= 0.6 is 0 Å². The molecule has 1 amide bonds. The fourth-order valence-electron chi connectivity index (χ4n) is 2.06. The average molecular weight is 267 g/mol. The van der Waals surface area contributed by atoms with Crippen LogP contribution in [0.25, 0.3) is 0 Å². The zero-order valence-corrected chi connectivity index (χ0v) is 11.2. The summed E-state index contributed by atoms with van der Waals surface area (Å²) < 4.78 is 15.7. The van der Waals surface area contributed by atoms with E-state index in [1.54, 1.807) is 17.0 Å². The Kier molecular flexibility index (Phi) is 3.80. The maximum atomic E-state index is 12.3. The zero-order valence-electron chi connectivity index (χ0n) is 11.2. The number of β-amino-alcohol motifs (C(OH)–C–C–N with tert-alkyl or cyclic N) is 1. The van der Waals surface area contributed by atoms with Crippen LogP contribution in [0.1, 0.15) is 10.4 Å².